The predicted molar refractivity (Wildman–Crippen MR) is 68.5 cm³/mol. The second-order valence-corrected chi connectivity index (χ2v) is 3.97. The van der Waals surface area contributed by atoms with Crippen molar-refractivity contribution in [2.75, 3.05) is 0 Å². The van der Waals surface area contributed by atoms with Crippen molar-refractivity contribution >= 4 is 27.8 Å². The van der Waals surface area contributed by atoms with Crippen molar-refractivity contribution in [3.05, 3.63) is 58.3 Å². The highest BCUT2D eigenvalue weighted by Crippen LogP contribution is 2.21. The lowest BCUT2D eigenvalue weighted by Crippen LogP contribution is -2.13. The van der Waals surface area contributed by atoms with Gasteiger partial charge >= 0.3 is 0 Å². The Labute approximate surface area is 102 Å². The summed E-state index contributed by atoms with van der Waals surface area (Å²) in [5.74, 6) is -0.612. The van der Waals surface area contributed by atoms with E-state index in [0.717, 1.165) is 0 Å². The third kappa shape index (κ3) is 1.39. The van der Waals surface area contributed by atoms with Crippen LogP contribution in [0.15, 0.2) is 51.7 Å². The highest BCUT2D eigenvalue weighted by molar-refractivity contribution is 6.05. The molecule has 2 aromatic carbocycles. The van der Waals surface area contributed by atoms with Crippen LogP contribution >= 0.6 is 0 Å². The van der Waals surface area contributed by atoms with E-state index >= 15 is 0 Å². The lowest BCUT2D eigenvalue weighted by Gasteiger charge is -2.03. The number of amides is 1. The van der Waals surface area contributed by atoms with E-state index in [0.29, 0.717) is 16.4 Å². The van der Waals surface area contributed by atoms with E-state index < -0.39 is 5.91 Å². The standard InChI is InChI=1S/C14H9NO3/c15-14(17)10-6-3-5-9-12(16)8-4-1-2-7-11(8)18-13(9)10/h1-7H,(H2,15,17). The summed E-state index contributed by atoms with van der Waals surface area (Å²) in [7, 11) is 0. The molecule has 4 heteroatoms. The van der Waals surface area contributed by atoms with Crippen molar-refractivity contribution in [1.29, 1.82) is 0 Å². The van der Waals surface area contributed by atoms with Crippen LogP contribution in [-0.2, 0) is 0 Å². The van der Waals surface area contributed by atoms with Crippen LogP contribution in [0.1, 0.15) is 10.4 Å². The van der Waals surface area contributed by atoms with Crippen LogP contribution in [0.3, 0.4) is 0 Å². The van der Waals surface area contributed by atoms with Crippen molar-refractivity contribution in [3.63, 3.8) is 0 Å². The van der Waals surface area contributed by atoms with Gasteiger partial charge in [0.05, 0.1) is 16.3 Å². The SMILES string of the molecule is NC(=O)c1cccc2c(=O)c3ccccc3oc12. The maximum Gasteiger partial charge on any atom is 0.252 e. The van der Waals surface area contributed by atoms with Crippen molar-refractivity contribution in [2.45, 2.75) is 0 Å². The molecule has 1 aromatic heterocycles. The lowest BCUT2D eigenvalue weighted by molar-refractivity contribution is 0.100. The molecule has 0 radical (unpaired) electrons. The van der Waals surface area contributed by atoms with Gasteiger partial charge in [0.1, 0.15) is 5.58 Å². The summed E-state index contributed by atoms with van der Waals surface area (Å²) < 4.78 is 5.62. The average Bonchev–Trinajstić information content (AvgIpc) is 2.38. The molecule has 4 nitrogen and oxygen atoms in total. The maximum absolute atomic E-state index is 12.3. The molecule has 0 aliphatic carbocycles. The first-order chi connectivity index (χ1) is 8.68. The molecular weight excluding hydrogens is 230 g/mol. The van der Waals surface area contributed by atoms with Crippen LogP contribution in [0, 0.1) is 0 Å². The lowest BCUT2D eigenvalue weighted by atomic mass is 10.1. The second-order valence-electron chi connectivity index (χ2n) is 3.97. The highest BCUT2D eigenvalue weighted by atomic mass is 16.3. The van der Waals surface area contributed by atoms with Crippen LogP contribution in [0.5, 0.6) is 0 Å². The molecule has 0 aliphatic rings. The quantitative estimate of drug-likeness (QED) is 0.660. The number of fused-ring (bicyclic) bond motifs is 2. The van der Waals surface area contributed by atoms with Crippen molar-refractivity contribution in [2.24, 2.45) is 5.73 Å². The number of carbonyl (C=O) groups is 1. The number of primary amides is 1. The van der Waals surface area contributed by atoms with E-state index in [9.17, 15) is 9.59 Å². The maximum atomic E-state index is 12.3. The summed E-state index contributed by atoms with van der Waals surface area (Å²) in [6.07, 6.45) is 0. The molecule has 2 N–H and O–H groups in total. The molecule has 0 aliphatic heterocycles. The fourth-order valence-electron chi connectivity index (χ4n) is 2.02. The minimum atomic E-state index is -0.612. The highest BCUT2D eigenvalue weighted by Gasteiger charge is 2.13. The third-order valence-electron chi connectivity index (χ3n) is 2.87. The van der Waals surface area contributed by atoms with Gasteiger partial charge in [-0.1, -0.05) is 18.2 Å². The Bertz CT molecular complexity index is 833. The summed E-state index contributed by atoms with van der Waals surface area (Å²) in [5.41, 5.74) is 6.03. The number of benzene rings is 2. The third-order valence-corrected chi connectivity index (χ3v) is 2.87. The Kier molecular flexibility index (Phi) is 2.16. The minimum absolute atomic E-state index is 0.157. The van der Waals surface area contributed by atoms with E-state index in [2.05, 4.69) is 0 Å². The first kappa shape index (κ1) is 10.5. The van der Waals surface area contributed by atoms with Crippen molar-refractivity contribution < 1.29 is 9.21 Å². The van der Waals surface area contributed by atoms with Gasteiger partial charge in [-0.3, -0.25) is 9.59 Å². The van der Waals surface area contributed by atoms with Gasteiger partial charge in [-0.25, -0.2) is 0 Å². The Morgan fingerprint density at radius 2 is 1.72 bits per heavy atom. The predicted octanol–water partition coefficient (Wildman–Crippen LogP) is 2.05. The smallest absolute Gasteiger partial charge is 0.252 e. The first-order valence-electron chi connectivity index (χ1n) is 5.43. The van der Waals surface area contributed by atoms with Gasteiger partial charge in [-0.05, 0) is 24.3 Å². The Balaban J connectivity index is 2.60. The summed E-state index contributed by atoms with van der Waals surface area (Å²) in [6, 6.07) is 11.7. The van der Waals surface area contributed by atoms with Crippen LogP contribution in [-0.4, -0.2) is 5.91 Å². The molecule has 0 unspecified atom stereocenters. The fourth-order valence-corrected chi connectivity index (χ4v) is 2.02. The van der Waals surface area contributed by atoms with Gasteiger partial charge in [0, 0.05) is 0 Å². The molecule has 18 heavy (non-hydrogen) atoms. The van der Waals surface area contributed by atoms with E-state index in [1.54, 1.807) is 42.5 Å². The Morgan fingerprint density at radius 3 is 2.50 bits per heavy atom. The van der Waals surface area contributed by atoms with E-state index in [1.165, 1.54) is 0 Å². The molecular formula is C14H9NO3. The summed E-state index contributed by atoms with van der Waals surface area (Å²) >= 11 is 0. The zero-order valence-electron chi connectivity index (χ0n) is 9.34. The normalized spacial score (nSPS) is 10.9. The molecule has 1 amide bonds. The Morgan fingerprint density at radius 1 is 1.00 bits per heavy atom. The number of rotatable bonds is 1. The van der Waals surface area contributed by atoms with Gasteiger partial charge in [-0.15, -0.1) is 0 Å². The fraction of sp³-hybridized carbons (Fsp3) is 0. The number of carbonyl (C=O) groups excluding carboxylic acids is 1. The zero-order valence-corrected chi connectivity index (χ0v) is 9.34. The topological polar surface area (TPSA) is 73.3 Å². The van der Waals surface area contributed by atoms with Gasteiger partial charge < -0.3 is 10.2 Å². The summed E-state index contributed by atoms with van der Waals surface area (Å²) in [5, 5.41) is 0.858. The molecule has 0 fully saturated rings. The molecule has 88 valence electrons. The van der Waals surface area contributed by atoms with Crippen LogP contribution in [0.4, 0.5) is 0 Å². The van der Waals surface area contributed by atoms with Crippen LogP contribution in [0.25, 0.3) is 21.9 Å². The van der Waals surface area contributed by atoms with Gasteiger partial charge in [0.25, 0.3) is 5.91 Å². The number of para-hydroxylation sites is 2. The molecule has 0 saturated heterocycles. The molecule has 0 bridgehead atoms. The van der Waals surface area contributed by atoms with Crippen molar-refractivity contribution in [1.82, 2.24) is 0 Å². The molecule has 1 heterocycles. The number of hydrogen-bond acceptors (Lipinski definition) is 3. The number of nitrogens with two attached hydrogens (primary N) is 1. The average molecular weight is 239 g/mol. The molecule has 0 saturated carbocycles. The molecule has 3 aromatic rings. The van der Waals surface area contributed by atoms with Crippen LogP contribution < -0.4 is 11.2 Å². The van der Waals surface area contributed by atoms with Gasteiger partial charge in [-0.2, -0.15) is 0 Å². The van der Waals surface area contributed by atoms with Gasteiger partial charge in [0.2, 0.25) is 5.43 Å². The monoisotopic (exact) mass is 239 g/mol. The van der Waals surface area contributed by atoms with E-state index in [4.69, 9.17) is 10.2 Å². The van der Waals surface area contributed by atoms with Crippen molar-refractivity contribution in [3.8, 4) is 0 Å². The molecule has 3 rings (SSSR count). The van der Waals surface area contributed by atoms with E-state index in [1.807, 2.05) is 0 Å². The Hall–Kier alpha value is -2.62. The summed E-state index contributed by atoms with van der Waals surface area (Å²) in [4.78, 5) is 23.6. The number of hydrogen-bond donors (Lipinski definition) is 1. The van der Waals surface area contributed by atoms with Gasteiger partial charge in [0.15, 0.2) is 5.58 Å². The largest absolute Gasteiger partial charge is 0.455 e. The zero-order chi connectivity index (χ0) is 12.7. The minimum Gasteiger partial charge on any atom is -0.455 e. The summed E-state index contributed by atoms with van der Waals surface area (Å²) in [6.45, 7) is 0. The molecule has 0 atom stereocenters. The first-order valence-corrected chi connectivity index (χ1v) is 5.43. The van der Waals surface area contributed by atoms with E-state index in [-0.39, 0.29) is 16.6 Å². The van der Waals surface area contributed by atoms with Crippen LogP contribution in [0.2, 0.25) is 0 Å². The second kappa shape index (κ2) is 3.70. The molecule has 0 spiro atoms.